The van der Waals surface area contributed by atoms with Crippen LogP contribution in [0.5, 0.6) is 5.88 Å². The van der Waals surface area contributed by atoms with Crippen LogP contribution in [-0.2, 0) is 0 Å². The number of carboxylic acids is 1. The van der Waals surface area contributed by atoms with Gasteiger partial charge < -0.3 is 9.84 Å². The molecule has 5 rings (SSSR count). The van der Waals surface area contributed by atoms with Crippen molar-refractivity contribution < 1.29 is 14.6 Å². The number of thioether (sulfide) groups is 1. The van der Waals surface area contributed by atoms with E-state index in [4.69, 9.17) is 32.9 Å². The number of carbonyl (C=O) groups is 1. The Labute approximate surface area is 206 Å². The maximum atomic E-state index is 12.3. The van der Waals surface area contributed by atoms with Gasteiger partial charge in [-0.25, -0.2) is 14.8 Å². The number of fused-ring (bicyclic) bond motifs is 3. The Balaban J connectivity index is 1.69. The maximum Gasteiger partial charge on any atom is 0.355 e. The van der Waals surface area contributed by atoms with E-state index in [0.717, 1.165) is 21.0 Å². The minimum atomic E-state index is -1.17. The predicted octanol–water partition coefficient (Wildman–Crippen LogP) is 5.94. The lowest BCUT2D eigenvalue weighted by Gasteiger charge is -2.21. The molecule has 1 aliphatic rings. The topological polar surface area (TPSA) is 103 Å². The summed E-state index contributed by atoms with van der Waals surface area (Å²) < 4.78 is 7.45. The summed E-state index contributed by atoms with van der Waals surface area (Å²) in [7, 11) is 1.48. The standard InChI is InChI=1S/C21H15Cl2N5O3S2/c1-8-15(18-24-5-4-14(25-18)31-3)17(19(29)30)28(27-8)21-26-16-11-7-13(23)12(22)6-10(11)9(2)32-20(16)33-21/h4-7,9H,1-3H3,(H,29,30). The highest BCUT2D eigenvalue weighted by molar-refractivity contribution is 8.01. The van der Waals surface area contributed by atoms with Gasteiger partial charge >= 0.3 is 5.97 Å². The van der Waals surface area contributed by atoms with Crippen LogP contribution in [0, 0.1) is 6.92 Å². The minimum Gasteiger partial charge on any atom is -0.481 e. The fourth-order valence-electron chi connectivity index (χ4n) is 3.67. The number of ether oxygens (including phenoxy) is 1. The fraction of sp³-hybridized carbons (Fsp3) is 0.190. The van der Waals surface area contributed by atoms with Crippen LogP contribution in [0.3, 0.4) is 0 Å². The molecule has 33 heavy (non-hydrogen) atoms. The number of nitrogens with zero attached hydrogens (tertiary/aromatic N) is 5. The van der Waals surface area contributed by atoms with Gasteiger partial charge in [0.15, 0.2) is 11.5 Å². The highest BCUT2D eigenvalue weighted by Gasteiger charge is 2.31. The highest BCUT2D eigenvalue weighted by Crippen LogP contribution is 2.53. The zero-order valence-electron chi connectivity index (χ0n) is 17.5. The number of aryl methyl sites for hydroxylation is 1. The van der Waals surface area contributed by atoms with Gasteiger partial charge in [-0.3, -0.25) is 0 Å². The fourth-order valence-corrected chi connectivity index (χ4v) is 6.54. The van der Waals surface area contributed by atoms with Crippen molar-refractivity contribution in [2.75, 3.05) is 7.11 Å². The number of aromatic nitrogens is 5. The van der Waals surface area contributed by atoms with Gasteiger partial charge in [0.25, 0.3) is 0 Å². The van der Waals surface area contributed by atoms with Crippen molar-refractivity contribution in [1.82, 2.24) is 24.7 Å². The Morgan fingerprint density at radius 3 is 2.73 bits per heavy atom. The zero-order chi connectivity index (χ0) is 23.4. The molecule has 4 heterocycles. The van der Waals surface area contributed by atoms with Crippen LogP contribution in [0.2, 0.25) is 10.0 Å². The van der Waals surface area contributed by atoms with E-state index in [9.17, 15) is 9.90 Å². The molecule has 168 valence electrons. The van der Waals surface area contributed by atoms with Crippen LogP contribution < -0.4 is 4.74 Å². The van der Waals surface area contributed by atoms with Gasteiger partial charge in [-0.15, -0.1) is 11.8 Å². The molecule has 1 aliphatic heterocycles. The first kappa shape index (κ1) is 22.1. The Bertz CT molecular complexity index is 1440. The van der Waals surface area contributed by atoms with E-state index in [1.807, 2.05) is 6.07 Å². The number of carboxylic acid groups (broad SMARTS) is 1. The molecule has 1 unspecified atom stereocenters. The van der Waals surface area contributed by atoms with Crippen molar-refractivity contribution in [3.05, 3.63) is 51.4 Å². The van der Waals surface area contributed by atoms with Crippen LogP contribution in [0.15, 0.2) is 28.6 Å². The van der Waals surface area contributed by atoms with E-state index in [-0.39, 0.29) is 16.8 Å². The second kappa shape index (κ2) is 8.28. The summed E-state index contributed by atoms with van der Waals surface area (Å²) in [4.78, 5) is 25.6. The molecule has 0 aliphatic carbocycles. The van der Waals surface area contributed by atoms with Gasteiger partial charge in [-0.05, 0) is 31.5 Å². The van der Waals surface area contributed by atoms with Gasteiger partial charge in [0, 0.05) is 23.1 Å². The second-order valence-corrected chi connectivity index (χ2v) is 10.6. The van der Waals surface area contributed by atoms with Gasteiger partial charge in [0.2, 0.25) is 11.0 Å². The number of halogens is 2. The van der Waals surface area contributed by atoms with E-state index >= 15 is 0 Å². The van der Waals surface area contributed by atoms with Crippen molar-refractivity contribution in [3.8, 4) is 33.7 Å². The predicted molar refractivity (Wildman–Crippen MR) is 128 cm³/mol. The quantitative estimate of drug-likeness (QED) is 0.353. The Kier molecular flexibility index (Phi) is 5.56. The molecule has 0 saturated carbocycles. The number of hydrogen-bond donors (Lipinski definition) is 1. The third-order valence-electron chi connectivity index (χ3n) is 5.16. The lowest BCUT2D eigenvalue weighted by molar-refractivity contribution is 0.0687. The average Bonchev–Trinajstić information content (AvgIpc) is 3.36. The molecule has 3 aromatic heterocycles. The Morgan fingerprint density at radius 1 is 1.24 bits per heavy atom. The van der Waals surface area contributed by atoms with Crippen molar-refractivity contribution >= 4 is 52.3 Å². The molecule has 0 amide bonds. The monoisotopic (exact) mass is 519 g/mol. The molecule has 0 bridgehead atoms. The summed E-state index contributed by atoms with van der Waals surface area (Å²) in [5, 5.41) is 16.0. The van der Waals surface area contributed by atoms with E-state index in [1.54, 1.807) is 30.8 Å². The second-order valence-electron chi connectivity index (χ2n) is 7.19. The van der Waals surface area contributed by atoms with E-state index < -0.39 is 5.97 Å². The molecule has 1 N–H and O–H groups in total. The third kappa shape index (κ3) is 3.67. The van der Waals surface area contributed by atoms with Crippen LogP contribution in [-0.4, -0.2) is 42.9 Å². The van der Waals surface area contributed by atoms with Crippen LogP contribution in [0.1, 0.15) is 33.9 Å². The van der Waals surface area contributed by atoms with Crippen LogP contribution >= 0.6 is 46.3 Å². The Hall–Kier alpha value is -2.66. The van der Waals surface area contributed by atoms with Crippen molar-refractivity contribution in [3.63, 3.8) is 0 Å². The lowest BCUT2D eigenvalue weighted by Crippen LogP contribution is -2.09. The molecule has 0 saturated heterocycles. The first-order valence-electron chi connectivity index (χ1n) is 9.66. The van der Waals surface area contributed by atoms with Gasteiger partial charge in [-0.1, -0.05) is 34.5 Å². The number of thiazole rings is 1. The molecule has 8 nitrogen and oxygen atoms in total. The molecule has 1 atom stereocenters. The molecular formula is C21H15Cl2N5O3S2. The lowest BCUT2D eigenvalue weighted by atomic mass is 10.0. The number of methoxy groups -OCH3 is 1. The number of hydrogen-bond acceptors (Lipinski definition) is 8. The van der Waals surface area contributed by atoms with E-state index in [2.05, 4.69) is 22.0 Å². The van der Waals surface area contributed by atoms with Crippen molar-refractivity contribution in [2.45, 2.75) is 23.3 Å². The van der Waals surface area contributed by atoms with Crippen molar-refractivity contribution in [2.24, 2.45) is 0 Å². The zero-order valence-corrected chi connectivity index (χ0v) is 20.6. The number of benzene rings is 1. The molecule has 0 spiro atoms. The number of aromatic carboxylic acids is 1. The highest BCUT2D eigenvalue weighted by atomic mass is 35.5. The van der Waals surface area contributed by atoms with E-state index in [1.165, 1.54) is 29.3 Å². The normalized spacial score (nSPS) is 14.6. The third-order valence-corrected chi connectivity index (χ3v) is 8.26. The van der Waals surface area contributed by atoms with E-state index in [0.29, 0.717) is 32.3 Å². The average molecular weight is 520 g/mol. The van der Waals surface area contributed by atoms with Gasteiger partial charge in [0.05, 0.1) is 38.3 Å². The summed E-state index contributed by atoms with van der Waals surface area (Å²) >= 11 is 15.5. The molecule has 12 heteroatoms. The summed E-state index contributed by atoms with van der Waals surface area (Å²) in [6.45, 7) is 3.79. The van der Waals surface area contributed by atoms with Crippen molar-refractivity contribution in [1.29, 1.82) is 0 Å². The smallest absolute Gasteiger partial charge is 0.355 e. The largest absolute Gasteiger partial charge is 0.481 e. The SMILES string of the molecule is COc1ccnc(-c2c(C)nn(-c3nc4c(s3)SC(C)c3cc(Cl)c(Cl)cc3-4)c2C(=O)O)n1. The molecule has 1 aromatic carbocycles. The summed E-state index contributed by atoms with van der Waals surface area (Å²) in [6.07, 6.45) is 1.51. The Morgan fingerprint density at radius 2 is 2.00 bits per heavy atom. The van der Waals surface area contributed by atoms with Gasteiger partial charge in [0.1, 0.15) is 0 Å². The summed E-state index contributed by atoms with van der Waals surface area (Å²) in [6, 6.07) is 5.25. The first-order valence-corrected chi connectivity index (χ1v) is 12.1. The first-order chi connectivity index (χ1) is 15.8. The summed E-state index contributed by atoms with van der Waals surface area (Å²) in [5.74, 6) is -0.626. The van der Waals surface area contributed by atoms with Gasteiger partial charge in [-0.2, -0.15) is 14.8 Å². The molecule has 0 fully saturated rings. The molecular weight excluding hydrogens is 505 g/mol. The molecule has 0 radical (unpaired) electrons. The maximum absolute atomic E-state index is 12.3. The van der Waals surface area contributed by atoms with Crippen LogP contribution in [0.4, 0.5) is 0 Å². The minimum absolute atomic E-state index is 0.0701. The number of rotatable bonds is 4. The summed E-state index contributed by atoms with van der Waals surface area (Å²) in [5.41, 5.74) is 3.34. The van der Waals surface area contributed by atoms with Crippen LogP contribution in [0.25, 0.3) is 27.8 Å². The molecule has 4 aromatic rings.